The third-order valence-electron chi connectivity index (χ3n) is 3.09. The van der Waals surface area contributed by atoms with Crippen LogP contribution in [-0.2, 0) is 0 Å². The van der Waals surface area contributed by atoms with E-state index >= 15 is 0 Å². The van der Waals surface area contributed by atoms with E-state index in [1.807, 2.05) is 24.3 Å². The van der Waals surface area contributed by atoms with Gasteiger partial charge in [0.1, 0.15) is 6.29 Å². The molecule has 2 heteroatoms. The summed E-state index contributed by atoms with van der Waals surface area (Å²) in [6.07, 6.45) is 0.899. The Morgan fingerprint density at radius 2 is 1.89 bits per heavy atom. The number of hydrogen-bond acceptors (Lipinski definition) is 2. The van der Waals surface area contributed by atoms with E-state index < -0.39 is 0 Å². The first-order valence-corrected chi connectivity index (χ1v) is 6.64. The van der Waals surface area contributed by atoms with Crippen LogP contribution in [0, 0.1) is 6.92 Å². The number of aldehydes is 1. The minimum absolute atomic E-state index is 0.730. The maximum atomic E-state index is 10.9. The molecule has 0 bridgehead atoms. The normalized spacial score (nSPS) is 10.7. The number of hydrogen-bond donors (Lipinski definition) is 0. The Labute approximate surface area is 110 Å². The van der Waals surface area contributed by atoms with Crippen LogP contribution in [-0.4, -0.2) is 6.29 Å². The summed E-state index contributed by atoms with van der Waals surface area (Å²) in [5.74, 6) is 0. The topological polar surface area (TPSA) is 17.1 Å². The highest BCUT2D eigenvalue weighted by molar-refractivity contribution is 7.22. The van der Waals surface area contributed by atoms with Gasteiger partial charge in [-0.05, 0) is 41.6 Å². The van der Waals surface area contributed by atoms with Crippen LogP contribution >= 0.6 is 11.3 Å². The molecule has 0 N–H and O–H groups in total. The molecule has 2 aromatic carbocycles. The van der Waals surface area contributed by atoms with Gasteiger partial charge in [0.25, 0.3) is 0 Å². The van der Waals surface area contributed by atoms with Crippen molar-refractivity contribution >= 4 is 27.7 Å². The Bertz CT molecular complexity index is 692. The van der Waals surface area contributed by atoms with Crippen molar-refractivity contribution in [2.45, 2.75) is 6.92 Å². The Hall–Kier alpha value is -1.93. The van der Waals surface area contributed by atoms with E-state index in [1.165, 1.54) is 20.5 Å². The zero-order valence-electron chi connectivity index (χ0n) is 10.0. The molecule has 0 radical (unpaired) electrons. The molecule has 3 rings (SSSR count). The van der Waals surface area contributed by atoms with Crippen LogP contribution < -0.4 is 0 Å². The smallest absolute Gasteiger partial charge is 0.150 e. The number of benzene rings is 2. The number of carbonyl (C=O) groups is 1. The first-order valence-electron chi connectivity index (χ1n) is 5.83. The highest BCUT2D eigenvalue weighted by atomic mass is 32.1. The van der Waals surface area contributed by atoms with Crippen molar-refractivity contribution < 1.29 is 4.79 Å². The van der Waals surface area contributed by atoms with Crippen molar-refractivity contribution in [2.75, 3.05) is 0 Å². The minimum atomic E-state index is 0.730. The van der Waals surface area contributed by atoms with Crippen LogP contribution in [0.5, 0.6) is 0 Å². The van der Waals surface area contributed by atoms with E-state index in [-0.39, 0.29) is 0 Å². The summed E-state index contributed by atoms with van der Waals surface area (Å²) < 4.78 is 1.28. The molecule has 3 aromatic rings. The standard InChI is InChI=1S/C16H12OS/c1-11-6-7-12(10-17)8-14(11)16-9-13-4-2-3-5-15(13)18-16/h2-10H,1H3. The third-order valence-corrected chi connectivity index (χ3v) is 4.24. The summed E-state index contributed by atoms with van der Waals surface area (Å²) in [5.41, 5.74) is 3.08. The second kappa shape index (κ2) is 4.39. The number of fused-ring (bicyclic) bond motifs is 1. The molecule has 0 atom stereocenters. The van der Waals surface area contributed by atoms with Crippen molar-refractivity contribution in [2.24, 2.45) is 0 Å². The van der Waals surface area contributed by atoms with Gasteiger partial charge in [-0.25, -0.2) is 0 Å². The Morgan fingerprint density at radius 1 is 1.06 bits per heavy atom. The first-order chi connectivity index (χ1) is 8.78. The third kappa shape index (κ3) is 1.85. The molecule has 0 unspecified atom stereocenters. The van der Waals surface area contributed by atoms with Crippen LogP contribution in [0.25, 0.3) is 20.5 Å². The molecule has 18 heavy (non-hydrogen) atoms. The van der Waals surface area contributed by atoms with Gasteiger partial charge in [-0.15, -0.1) is 11.3 Å². The maximum Gasteiger partial charge on any atom is 0.150 e. The average Bonchev–Trinajstić information content (AvgIpc) is 2.82. The molecule has 0 aliphatic rings. The summed E-state index contributed by atoms with van der Waals surface area (Å²) in [6, 6.07) is 16.4. The fraction of sp³-hybridized carbons (Fsp3) is 0.0625. The van der Waals surface area contributed by atoms with Crippen molar-refractivity contribution in [3.05, 3.63) is 59.7 Å². The predicted octanol–water partition coefficient (Wildman–Crippen LogP) is 4.69. The summed E-state index contributed by atoms with van der Waals surface area (Å²) in [6.45, 7) is 2.08. The molecule has 1 aromatic heterocycles. The second-order valence-electron chi connectivity index (χ2n) is 4.34. The van der Waals surface area contributed by atoms with Gasteiger partial charge >= 0.3 is 0 Å². The van der Waals surface area contributed by atoms with Crippen LogP contribution in [0.1, 0.15) is 15.9 Å². The fourth-order valence-corrected chi connectivity index (χ4v) is 3.24. The maximum absolute atomic E-state index is 10.9. The molecule has 88 valence electrons. The predicted molar refractivity (Wildman–Crippen MR) is 77.4 cm³/mol. The molecule has 0 amide bonds. The van der Waals surface area contributed by atoms with Crippen LogP contribution in [0.2, 0.25) is 0 Å². The van der Waals surface area contributed by atoms with E-state index in [0.29, 0.717) is 0 Å². The molecule has 0 spiro atoms. The van der Waals surface area contributed by atoms with E-state index in [4.69, 9.17) is 0 Å². The molecular formula is C16H12OS. The van der Waals surface area contributed by atoms with Crippen LogP contribution in [0.15, 0.2) is 48.5 Å². The summed E-state index contributed by atoms with van der Waals surface area (Å²) in [5, 5.41) is 1.26. The average molecular weight is 252 g/mol. The number of rotatable bonds is 2. The molecule has 0 fully saturated rings. The first kappa shape index (κ1) is 11.2. The van der Waals surface area contributed by atoms with E-state index in [1.54, 1.807) is 11.3 Å². The second-order valence-corrected chi connectivity index (χ2v) is 5.42. The van der Waals surface area contributed by atoms with Crippen molar-refractivity contribution in [1.29, 1.82) is 0 Å². The molecule has 0 aliphatic heterocycles. The quantitative estimate of drug-likeness (QED) is 0.605. The lowest BCUT2D eigenvalue weighted by molar-refractivity contribution is 0.112. The Balaban J connectivity index is 2.21. The lowest BCUT2D eigenvalue weighted by Crippen LogP contribution is -1.84. The summed E-state index contributed by atoms with van der Waals surface area (Å²) in [7, 11) is 0. The van der Waals surface area contributed by atoms with Crippen LogP contribution in [0.4, 0.5) is 0 Å². The lowest BCUT2D eigenvalue weighted by Gasteiger charge is -2.03. The van der Waals surface area contributed by atoms with Crippen LogP contribution in [0.3, 0.4) is 0 Å². The SMILES string of the molecule is Cc1ccc(C=O)cc1-c1cc2ccccc2s1. The largest absolute Gasteiger partial charge is 0.298 e. The van der Waals surface area contributed by atoms with Crippen molar-refractivity contribution in [3.8, 4) is 10.4 Å². The number of thiophene rings is 1. The molecule has 0 saturated carbocycles. The van der Waals surface area contributed by atoms with Gasteiger partial charge in [0.2, 0.25) is 0 Å². The molecule has 1 heterocycles. The Morgan fingerprint density at radius 3 is 2.67 bits per heavy atom. The van der Waals surface area contributed by atoms with Gasteiger partial charge in [-0.3, -0.25) is 4.79 Å². The van der Waals surface area contributed by atoms with Crippen molar-refractivity contribution in [1.82, 2.24) is 0 Å². The Kier molecular flexibility index (Phi) is 2.73. The summed E-state index contributed by atoms with van der Waals surface area (Å²) in [4.78, 5) is 12.1. The van der Waals surface area contributed by atoms with E-state index in [0.717, 1.165) is 17.4 Å². The lowest BCUT2D eigenvalue weighted by atomic mass is 10.0. The summed E-state index contributed by atoms with van der Waals surface area (Å²) >= 11 is 1.77. The molecule has 0 aliphatic carbocycles. The zero-order valence-corrected chi connectivity index (χ0v) is 10.8. The highest BCUT2D eigenvalue weighted by Crippen LogP contribution is 2.35. The molecule has 0 saturated heterocycles. The molecule has 1 nitrogen and oxygen atoms in total. The number of carbonyl (C=O) groups excluding carboxylic acids is 1. The van der Waals surface area contributed by atoms with E-state index in [9.17, 15) is 4.79 Å². The van der Waals surface area contributed by atoms with Crippen molar-refractivity contribution in [3.63, 3.8) is 0 Å². The van der Waals surface area contributed by atoms with Gasteiger partial charge in [-0.1, -0.05) is 30.3 Å². The molecular weight excluding hydrogens is 240 g/mol. The monoisotopic (exact) mass is 252 g/mol. The number of aryl methyl sites for hydroxylation is 1. The highest BCUT2D eigenvalue weighted by Gasteiger charge is 2.07. The van der Waals surface area contributed by atoms with Gasteiger partial charge in [0, 0.05) is 15.1 Å². The van der Waals surface area contributed by atoms with Gasteiger partial charge in [-0.2, -0.15) is 0 Å². The van der Waals surface area contributed by atoms with Gasteiger partial charge in [0.15, 0.2) is 0 Å². The zero-order chi connectivity index (χ0) is 12.5. The van der Waals surface area contributed by atoms with Gasteiger partial charge < -0.3 is 0 Å². The fourth-order valence-electron chi connectivity index (χ4n) is 2.09. The van der Waals surface area contributed by atoms with E-state index in [2.05, 4.69) is 31.2 Å². The minimum Gasteiger partial charge on any atom is -0.298 e. The van der Waals surface area contributed by atoms with Gasteiger partial charge in [0.05, 0.1) is 0 Å².